The summed E-state index contributed by atoms with van der Waals surface area (Å²) >= 11 is 23.4. The standard InChI is InChI=1S/C15H15Cl2NO4.C8H9Cl2N.C7H8O5/c1-15(2)21-12(14(20)22-15)7-13(19)18(3)8-9-4-10(16)6-11(17)5-9;1-11-5-6-2-7(9)4-8(10)3-6;1-7(2)11-4(3-5(8)9)6(10)12-7/h4-7H,8H2,1-3H3;2-4,11H,5H2,1H3;3H,1-2H3,(H,8,9)/b12-7-;;4-3-. The van der Waals surface area contributed by atoms with E-state index in [0.717, 1.165) is 23.7 Å². The molecule has 0 atom stereocenters. The molecule has 2 aliphatic heterocycles. The molecular formula is C30H32Cl4N2O9. The molecule has 2 heterocycles. The van der Waals surface area contributed by atoms with Gasteiger partial charge in [-0.15, -0.1) is 0 Å². The Labute approximate surface area is 280 Å². The SMILES string of the molecule is CC1(C)OC(=O)/C(=C/C(=O)O)O1.CN(Cc1cc(Cl)cc(Cl)c1)C(=O)/C=C1\OC(C)(C)OC1=O.CNCc1cc(Cl)cc(Cl)c1. The van der Waals surface area contributed by atoms with Crippen LogP contribution >= 0.6 is 46.4 Å². The van der Waals surface area contributed by atoms with Gasteiger partial charge < -0.3 is 34.3 Å². The van der Waals surface area contributed by atoms with E-state index < -0.39 is 29.5 Å². The van der Waals surface area contributed by atoms with E-state index in [1.54, 1.807) is 45.2 Å². The first kappa shape index (κ1) is 37.7. The minimum absolute atomic E-state index is 0.106. The van der Waals surface area contributed by atoms with E-state index in [1.165, 1.54) is 18.7 Å². The molecule has 0 bridgehead atoms. The van der Waals surface area contributed by atoms with Crippen LogP contribution in [-0.4, -0.2) is 59.5 Å². The zero-order valence-corrected chi connectivity index (χ0v) is 28.2. The second kappa shape index (κ2) is 16.2. The van der Waals surface area contributed by atoms with Crippen molar-refractivity contribution in [2.24, 2.45) is 0 Å². The van der Waals surface area contributed by atoms with Gasteiger partial charge in [-0.3, -0.25) is 4.79 Å². The van der Waals surface area contributed by atoms with Crippen molar-refractivity contribution in [3.05, 3.63) is 91.3 Å². The zero-order chi connectivity index (χ0) is 34.1. The van der Waals surface area contributed by atoms with Crippen molar-refractivity contribution in [3.63, 3.8) is 0 Å². The molecule has 2 fully saturated rings. The molecule has 2 aromatic rings. The molecule has 15 heteroatoms. The highest BCUT2D eigenvalue weighted by molar-refractivity contribution is 6.35. The number of ether oxygens (including phenoxy) is 4. The summed E-state index contributed by atoms with van der Waals surface area (Å²) in [7, 11) is 3.48. The number of carboxylic acid groups (broad SMARTS) is 1. The van der Waals surface area contributed by atoms with Gasteiger partial charge in [0.15, 0.2) is 0 Å². The maximum Gasteiger partial charge on any atom is 0.377 e. The van der Waals surface area contributed by atoms with Crippen molar-refractivity contribution in [2.45, 2.75) is 52.4 Å². The normalized spacial score (nSPS) is 17.6. The molecular weight excluding hydrogens is 674 g/mol. The summed E-state index contributed by atoms with van der Waals surface area (Å²) < 4.78 is 19.8. The Morgan fingerprint density at radius 2 is 1.16 bits per heavy atom. The minimum Gasteiger partial charge on any atom is -0.478 e. The molecule has 0 radical (unpaired) electrons. The number of hydrogen-bond donors (Lipinski definition) is 2. The summed E-state index contributed by atoms with van der Waals surface area (Å²) in [5.74, 6) is -5.51. The highest BCUT2D eigenvalue weighted by Crippen LogP contribution is 2.27. The van der Waals surface area contributed by atoms with Crippen LogP contribution in [0, 0.1) is 0 Å². The molecule has 1 amide bonds. The molecule has 0 saturated carbocycles. The molecule has 4 rings (SSSR count). The molecule has 0 unspecified atom stereocenters. The summed E-state index contributed by atoms with van der Waals surface area (Å²) in [6, 6.07) is 10.6. The molecule has 45 heavy (non-hydrogen) atoms. The van der Waals surface area contributed by atoms with Gasteiger partial charge in [-0.05, 0) is 54.6 Å². The number of rotatable bonds is 6. The number of aliphatic carboxylic acids is 1. The fraction of sp³-hybridized carbons (Fsp3) is 0.333. The first-order valence-corrected chi connectivity index (χ1v) is 14.6. The van der Waals surface area contributed by atoms with Crippen LogP contribution in [0.25, 0.3) is 0 Å². The number of esters is 2. The summed E-state index contributed by atoms with van der Waals surface area (Å²) in [5, 5.41) is 13.7. The Balaban J connectivity index is 0.000000259. The number of benzene rings is 2. The van der Waals surface area contributed by atoms with Crippen LogP contribution in [-0.2, 0) is 51.2 Å². The van der Waals surface area contributed by atoms with Crippen LogP contribution in [0.15, 0.2) is 60.1 Å². The maximum atomic E-state index is 12.1. The third kappa shape index (κ3) is 13.2. The van der Waals surface area contributed by atoms with E-state index in [4.69, 9.17) is 65.7 Å². The summed E-state index contributed by atoms with van der Waals surface area (Å²) in [4.78, 5) is 46.1. The molecule has 0 aliphatic carbocycles. The van der Waals surface area contributed by atoms with Crippen molar-refractivity contribution in [2.75, 3.05) is 14.1 Å². The lowest BCUT2D eigenvalue weighted by molar-refractivity contribution is -0.160. The summed E-state index contributed by atoms with van der Waals surface area (Å²) in [5.41, 5.74) is 1.88. The first-order valence-electron chi connectivity index (χ1n) is 13.1. The Hall–Kier alpha value is -3.48. The second-order valence-electron chi connectivity index (χ2n) is 10.4. The predicted molar refractivity (Wildman–Crippen MR) is 168 cm³/mol. The van der Waals surface area contributed by atoms with E-state index in [-0.39, 0.29) is 17.4 Å². The third-order valence-corrected chi connectivity index (χ3v) is 6.19. The second-order valence-corrected chi connectivity index (χ2v) is 12.2. The van der Waals surface area contributed by atoms with E-state index in [2.05, 4.69) is 10.1 Å². The zero-order valence-electron chi connectivity index (χ0n) is 25.2. The Morgan fingerprint density at radius 3 is 1.51 bits per heavy atom. The number of nitrogens with zero attached hydrogens (tertiary/aromatic N) is 1. The summed E-state index contributed by atoms with van der Waals surface area (Å²) in [6.45, 7) is 7.31. The molecule has 2 saturated heterocycles. The Bertz CT molecular complexity index is 1470. The van der Waals surface area contributed by atoms with Gasteiger partial charge in [-0.2, -0.15) is 0 Å². The topological polar surface area (TPSA) is 141 Å². The van der Waals surface area contributed by atoms with E-state index >= 15 is 0 Å². The molecule has 2 aliphatic rings. The number of cyclic esters (lactones) is 2. The van der Waals surface area contributed by atoms with Crippen molar-refractivity contribution in [3.8, 4) is 0 Å². The van der Waals surface area contributed by atoms with Crippen LogP contribution in [0.3, 0.4) is 0 Å². The Kier molecular flexibility index (Phi) is 13.6. The molecule has 11 nitrogen and oxygen atoms in total. The fourth-order valence-corrected chi connectivity index (χ4v) is 4.83. The van der Waals surface area contributed by atoms with Gasteiger partial charge >= 0.3 is 17.9 Å². The van der Waals surface area contributed by atoms with Crippen molar-refractivity contribution < 1.29 is 43.2 Å². The van der Waals surface area contributed by atoms with E-state index in [0.29, 0.717) is 32.7 Å². The van der Waals surface area contributed by atoms with Crippen molar-refractivity contribution >= 4 is 70.2 Å². The fourth-order valence-electron chi connectivity index (χ4n) is 3.68. The predicted octanol–water partition coefficient (Wildman–Crippen LogP) is 6.12. The number of carbonyl (C=O) groups is 4. The number of halogens is 4. The van der Waals surface area contributed by atoms with Gasteiger partial charge in [0.2, 0.25) is 23.1 Å². The number of carbonyl (C=O) groups excluding carboxylic acids is 3. The number of likely N-dealkylation sites (N-methyl/N-ethyl adjacent to an activating group) is 1. The molecule has 244 valence electrons. The molecule has 2 aromatic carbocycles. The Morgan fingerprint density at radius 1 is 0.756 bits per heavy atom. The van der Waals surface area contributed by atoms with Crippen LogP contribution in [0.4, 0.5) is 0 Å². The number of carboxylic acids is 1. The lowest BCUT2D eigenvalue weighted by Gasteiger charge is -2.16. The highest BCUT2D eigenvalue weighted by atomic mass is 35.5. The third-order valence-electron chi connectivity index (χ3n) is 5.32. The number of nitrogens with one attached hydrogen (secondary N) is 1. The van der Waals surface area contributed by atoms with Gasteiger partial charge in [-0.25, -0.2) is 14.4 Å². The smallest absolute Gasteiger partial charge is 0.377 e. The lowest BCUT2D eigenvalue weighted by atomic mass is 10.2. The van der Waals surface area contributed by atoms with Gasteiger partial charge in [0.1, 0.15) is 0 Å². The monoisotopic (exact) mass is 704 g/mol. The molecule has 2 N–H and O–H groups in total. The largest absolute Gasteiger partial charge is 0.478 e. The van der Waals surface area contributed by atoms with Gasteiger partial charge in [0, 0.05) is 67.9 Å². The van der Waals surface area contributed by atoms with Crippen molar-refractivity contribution in [1.82, 2.24) is 10.2 Å². The van der Waals surface area contributed by atoms with Gasteiger partial charge in [0.05, 0.1) is 12.2 Å². The van der Waals surface area contributed by atoms with Gasteiger partial charge in [0.25, 0.3) is 5.91 Å². The van der Waals surface area contributed by atoms with Gasteiger partial charge in [-0.1, -0.05) is 46.4 Å². The van der Waals surface area contributed by atoms with Crippen LogP contribution < -0.4 is 5.32 Å². The number of hydrogen-bond acceptors (Lipinski definition) is 9. The molecule has 0 aromatic heterocycles. The lowest BCUT2D eigenvalue weighted by Crippen LogP contribution is -2.25. The summed E-state index contributed by atoms with van der Waals surface area (Å²) in [6.07, 6.45) is 1.79. The number of amides is 1. The average molecular weight is 706 g/mol. The first-order chi connectivity index (χ1) is 20.8. The molecule has 0 spiro atoms. The highest BCUT2D eigenvalue weighted by Gasteiger charge is 2.38. The van der Waals surface area contributed by atoms with Crippen molar-refractivity contribution in [1.29, 1.82) is 0 Å². The minimum atomic E-state index is -1.24. The van der Waals surface area contributed by atoms with E-state index in [9.17, 15) is 19.2 Å². The quantitative estimate of drug-likeness (QED) is 0.267. The van der Waals surface area contributed by atoms with Crippen LogP contribution in [0.1, 0.15) is 38.8 Å². The van der Waals surface area contributed by atoms with Crippen LogP contribution in [0.5, 0.6) is 0 Å². The maximum absolute atomic E-state index is 12.1. The van der Waals surface area contributed by atoms with Crippen LogP contribution in [0.2, 0.25) is 20.1 Å². The van der Waals surface area contributed by atoms with E-state index in [1.807, 2.05) is 19.2 Å². The average Bonchev–Trinajstić information content (AvgIpc) is 3.28.